The number of pyridine rings is 2. The predicted molar refractivity (Wildman–Crippen MR) is 129 cm³/mol. The van der Waals surface area contributed by atoms with Crippen LogP contribution < -0.4 is 15.2 Å². The lowest BCUT2D eigenvalue weighted by Crippen LogP contribution is -2.32. The molecule has 3 rings (SSSR count). The van der Waals surface area contributed by atoms with Crippen molar-refractivity contribution in [2.75, 3.05) is 19.5 Å². The van der Waals surface area contributed by atoms with E-state index in [1.807, 2.05) is 18.6 Å². The van der Waals surface area contributed by atoms with Crippen molar-refractivity contribution in [2.24, 2.45) is 5.92 Å². The smallest absolute Gasteiger partial charge is 0.281 e. The second-order valence-corrected chi connectivity index (χ2v) is 9.85. The first-order chi connectivity index (χ1) is 16.5. The fourth-order valence-electron chi connectivity index (χ4n) is 3.12. The van der Waals surface area contributed by atoms with E-state index >= 15 is 0 Å². The lowest BCUT2D eigenvalue weighted by Gasteiger charge is -2.16. The van der Waals surface area contributed by atoms with Crippen molar-refractivity contribution < 1.29 is 27.1 Å². The summed E-state index contributed by atoms with van der Waals surface area (Å²) in [5, 5.41) is -0.398. The third-order valence-corrected chi connectivity index (χ3v) is 6.14. The Labute approximate surface area is 203 Å². The number of nitrogens with one attached hydrogen (secondary N) is 1. The summed E-state index contributed by atoms with van der Waals surface area (Å²) in [5.74, 6) is -0.837. The number of anilines is 1. The third-order valence-electron chi connectivity index (χ3n) is 4.91. The zero-order valence-corrected chi connectivity index (χ0v) is 20.6. The van der Waals surface area contributed by atoms with Crippen molar-refractivity contribution in [3.8, 4) is 17.0 Å². The van der Waals surface area contributed by atoms with E-state index in [-0.39, 0.29) is 23.0 Å². The van der Waals surface area contributed by atoms with Gasteiger partial charge in [-0.3, -0.25) is 4.79 Å². The number of sulfonamides is 1. The third kappa shape index (κ3) is 6.52. The standard InChI is InChI=1S/C24H27FN4O5S/c1-14(2)13-34-18-11-16(10-17(25)12-18)20-9-8-19(23(27-20)15(3)33-4)24(30)29-35(31,32)22-7-5-6-21(26)28-22/h5-12,14-15H,13H2,1-4H3,(H2,26,28)(H,29,30). The normalized spacial score (nSPS) is 12.4. The van der Waals surface area contributed by atoms with Crippen LogP contribution in [0.4, 0.5) is 10.2 Å². The minimum atomic E-state index is -4.29. The molecule has 0 saturated carbocycles. The number of nitrogens with two attached hydrogens (primary N) is 1. The van der Waals surface area contributed by atoms with Crippen LogP contribution >= 0.6 is 0 Å². The quantitative estimate of drug-likeness (QED) is 0.452. The summed E-state index contributed by atoms with van der Waals surface area (Å²) in [6.45, 7) is 6.03. The first-order valence-corrected chi connectivity index (χ1v) is 12.3. The number of aromatic nitrogens is 2. The lowest BCUT2D eigenvalue weighted by molar-refractivity contribution is 0.0953. The number of rotatable bonds is 9. The van der Waals surface area contributed by atoms with Gasteiger partial charge in [-0.1, -0.05) is 19.9 Å². The summed E-state index contributed by atoms with van der Waals surface area (Å²) in [6, 6.07) is 11.2. The highest BCUT2D eigenvalue weighted by molar-refractivity contribution is 7.90. The van der Waals surface area contributed by atoms with E-state index in [0.29, 0.717) is 23.6 Å². The molecule has 0 aliphatic heterocycles. The van der Waals surface area contributed by atoms with E-state index in [9.17, 15) is 17.6 Å². The van der Waals surface area contributed by atoms with Gasteiger partial charge in [0.1, 0.15) is 17.4 Å². The van der Waals surface area contributed by atoms with Crippen LogP contribution in [0.5, 0.6) is 5.75 Å². The van der Waals surface area contributed by atoms with E-state index in [1.54, 1.807) is 13.0 Å². The second-order valence-electron chi connectivity index (χ2n) is 8.22. The number of carbonyl (C=O) groups excluding carboxylic acids is 1. The van der Waals surface area contributed by atoms with Crippen LogP contribution in [-0.4, -0.2) is 38.0 Å². The molecule has 0 aliphatic carbocycles. The Balaban J connectivity index is 1.97. The zero-order chi connectivity index (χ0) is 25.8. The van der Waals surface area contributed by atoms with Gasteiger partial charge >= 0.3 is 0 Å². The number of benzene rings is 1. The molecule has 35 heavy (non-hydrogen) atoms. The monoisotopic (exact) mass is 502 g/mol. The average molecular weight is 503 g/mol. The molecule has 186 valence electrons. The van der Waals surface area contributed by atoms with Gasteiger partial charge in [0.2, 0.25) is 0 Å². The Hall–Kier alpha value is -3.57. The molecular weight excluding hydrogens is 475 g/mol. The largest absolute Gasteiger partial charge is 0.493 e. The minimum absolute atomic E-state index is 0.00752. The van der Waals surface area contributed by atoms with Crippen LogP contribution in [0.1, 0.15) is 42.9 Å². The first-order valence-electron chi connectivity index (χ1n) is 10.8. The Morgan fingerprint density at radius 3 is 2.51 bits per heavy atom. The highest BCUT2D eigenvalue weighted by Gasteiger charge is 2.25. The summed E-state index contributed by atoms with van der Waals surface area (Å²) in [4.78, 5) is 21.2. The summed E-state index contributed by atoms with van der Waals surface area (Å²) in [7, 11) is -2.87. The van der Waals surface area contributed by atoms with E-state index in [0.717, 1.165) is 0 Å². The molecule has 11 heteroatoms. The molecule has 3 N–H and O–H groups in total. The van der Waals surface area contributed by atoms with Gasteiger partial charge in [0.15, 0.2) is 5.03 Å². The average Bonchev–Trinajstić information content (AvgIpc) is 2.81. The fourth-order valence-corrected chi connectivity index (χ4v) is 4.06. The SMILES string of the molecule is COC(C)c1nc(-c2cc(F)cc(OCC(C)C)c2)ccc1C(=O)NS(=O)(=O)c1cccc(N)n1. The summed E-state index contributed by atoms with van der Waals surface area (Å²) in [6.07, 6.45) is -0.672. The van der Waals surface area contributed by atoms with Gasteiger partial charge in [-0.05, 0) is 49.2 Å². The molecule has 2 aromatic heterocycles. The minimum Gasteiger partial charge on any atom is -0.493 e. The number of carbonyl (C=O) groups is 1. The molecule has 1 amide bonds. The molecule has 1 unspecified atom stereocenters. The zero-order valence-electron chi connectivity index (χ0n) is 19.8. The van der Waals surface area contributed by atoms with Crippen LogP contribution in [0, 0.1) is 11.7 Å². The van der Waals surface area contributed by atoms with Crippen molar-refractivity contribution in [2.45, 2.75) is 31.9 Å². The Morgan fingerprint density at radius 1 is 1.11 bits per heavy atom. The molecule has 0 spiro atoms. The van der Waals surface area contributed by atoms with Crippen LogP contribution in [0.25, 0.3) is 11.3 Å². The van der Waals surface area contributed by atoms with E-state index < -0.39 is 32.9 Å². The van der Waals surface area contributed by atoms with Crippen LogP contribution in [0.3, 0.4) is 0 Å². The maximum Gasteiger partial charge on any atom is 0.281 e. The van der Waals surface area contributed by atoms with Gasteiger partial charge < -0.3 is 15.2 Å². The van der Waals surface area contributed by atoms with Crippen LogP contribution in [0.15, 0.2) is 53.6 Å². The topological polar surface area (TPSA) is 134 Å². The first kappa shape index (κ1) is 26.0. The summed E-state index contributed by atoms with van der Waals surface area (Å²) < 4.78 is 52.5. The van der Waals surface area contributed by atoms with E-state index in [4.69, 9.17) is 15.2 Å². The maximum atomic E-state index is 14.3. The molecule has 0 bridgehead atoms. The number of methoxy groups -OCH3 is 1. The van der Waals surface area contributed by atoms with Gasteiger partial charge in [0.05, 0.1) is 29.7 Å². The molecule has 0 saturated heterocycles. The van der Waals surface area contributed by atoms with E-state index in [1.165, 1.54) is 49.6 Å². The Bertz CT molecular complexity index is 1330. The van der Waals surface area contributed by atoms with Crippen molar-refractivity contribution in [1.82, 2.24) is 14.7 Å². The number of amides is 1. The molecule has 1 atom stereocenters. The van der Waals surface area contributed by atoms with Crippen LogP contribution in [0.2, 0.25) is 0 Å². The summed E-state index contributed by atoms with van der Waals surface area (Å²) in [5.41, 5.74) is 6.49. The molecule has 0 aliphatic rings. The van der Waals surface area contributed by atoms with Gasteiger partial charge in [-0.2, -0.15) is 8.42 Å². The number of hydrogen-bond donors (Lipinski definition) is 2. The summed E-state index contributed by atoms with van der Waals surface area (Å²) >= 11 is 0. The second kappa shape index (κ2) is 10.8. The number of hydrogen-bond acceptors (Lipinski definition) is 8. The predicted octanol–water partition coefficient (Wildman–Crippen LogP) is 3.73. The number of nitrogen functional groups attached to an aromatic ring is 1. The highest BCUT2D eigenvalue weighted by Crippen LogP contribution is 2.28. The van der Waals surface area contributed by atoms with Crippen molar-refractivity contribution in [3.63, 3.8) is 0 Å². The lowest BCUT2D eigenvalue weighted by atomic mass is 10.0. The van der Waals surface area contributed by atoms with Crippen molar-refractivity contribution >= 4 is 21.7 Å². The molecule has 3 aromatic rings. The number of nitrogens with zero attached hydrogens (tertiary/aromatic N) is 2. The van der Waals surface area contributed by atoms with E-state index in [2.05, 4.69) is 9.97 Å². The van der Waals surface area contributed by atoms with Crippen molar-refractivity contribution in [3.05, 3.63) is 65.6 Å². The Kier molecular flexibility index (Phi) is 8.03. The van der Waals surface area contributed by atoms with Crippen molar-refractivity contribution in [1.29, 1.82) is 0 Å². The Morgan fingerprint density at radius 2 is 1.86 bits per heavy atom. The van der Waals surface area contributed by atoms with Gasteiger partial charge in [-0.15, -0.1) is 0 Å². The molecule has 2 heterocycles. The molecule has 0 radical (unpaired) electrons. The maximum absolute atomic E-state index is 14.3. The van der Waals surface area contributed by atoms with Gasteiger partial charge in [0, 0.05) is 18.7 Å². The van der Waals surface area contributed by atoms with Gasteiger partial charge in [0.25, 0.3) is 15.9 Å². The molecule has 9 nitrogen and oxygen atoms in total. The fraction of sp³-hybridized carbons (Fsp3) is 0.292. The number of ether oxygens (including phenoxy) is 2. The molecule has 1 aromatic carbocycles. The number of halogens is 1. The molecule has 0 fully saturated rings. The van der Waals surface area contributed by atoms with Gasteiger partial charge in [-0.25, -0.2) is 19.1 Å². The highest BCUT2D eigenvalue weighted by atomic mass is 32.2. The van der Waals surface area contributed by atoms with Crippen LogP contribution in [-0.2, 0) is 14.8 Å². The molecular formula is C24H27FN4O5S.